The van der Waals surface area contributed by atoms with Gasteiger partial charge < -0.3 is 9.47 Å². The number of anilines is 1. The van der Waals surface area contributed by atoms with E-state index in [1.54, 1.807) is 54.6 Å². The van der Waals surface area contributed by atoms with Gasteiger partial charge in [0.25, 0.3) is 11.8 Å². The maximum atomic E-state index is 12.8. The number of nitrogens with one attached hydrogen (secondary N) is 2. The Kier molecular flexibility index (Phi) is 7.70. The average Bonchev–Trinajstić information content (AvgIpc) is 3.23. The Bertz CT molecular complexity index is 1340. The molecular formula is C27H23N3O7. The Labute approximate surface area is 212 Å². The van der Waals surface area contributed by atoms with Gasteiger partial charge >= 0.3 is 5.97 Å². The highest BCUT2D eigenvalue weighted by Gasteiger charge is 2.39. The molecule has 1 saturated heterocycles. The van der Waals surface area contributed by atoms with Crippen LogP contribution < -0.4 is 20.5 Å². The predicted molar refractivity (Wildman–Crippen MR) is 132 cm³/mol. The number of hydrogen-bond acceptors (Lipinski definition) is 8. The van der Waals surface area contributed by atoms with E-state index >= 15 is 0 Å². The van der Waals surface area contributed by atoms with Gasteiger partial charge in [0.15, 0.2) is 12.4 Å². The number of esters is 1. The fourth-order valence-corrected chi connectivity index (χ4v) is 3.67. The summed E-state index contributed by atoms with van der Waals surface area (Å²) in [5, 5.41) is 0. The molecule has 3 aromatic carbocycles. The molecule has 3 amide bonds. The summed E-state index contributed by atoms with van der Waals surface area (Å²) in [5.41, 5.74) is 6.21. The quantitative estimate of drug-likeness (QED) is 0.198. The number of hydrogen-bond donors (Lipinski definition) is 2. The van der Waals surface area contributed by atoms with E-state index in [1.807, 2.05) is 0 Å². The zero-order chi connectivity index (χ0) is 26.4. The summed E-state index contributed by atoms with van der Waals surface area (Å²) in [6.07, 6.45) is -0.149. The zero-order valence-electron chi connectivity index (χ0n) is 19.8. The number of ketones is 1. The maximum absolute atomic E-state index is 12.8. The van der Waals surface area contributed by atoms with Gasteiger partial charge in [-0.05, 0) is 48.5 Å². The number of ether oxygens (including phenoxy) is 2. The summed E-state index contributed by atoms with van der Waals surface area (Å²) in [4.78, 5) is 63.2. The Balaban J connectivity index is 1.33. The van der Waals surface area contributed by atoms with Crippen LogP contribution in [0.4, 0.5) is 5.69 Å². The first-order valence-electron chi connectivity index (χ1n) is 11.3. The minimum atomic E-state index is -0.938. The molecule has 1 atom stereocenters. The number of carbonyl (C=O) groups is 5. The van der Waals surface area contributed by atoms with Crippen molar-refractivity contribution in [1.29, 1.82) is 0 Å². The van der Waals surface area contributed by atoms with Crippen LogP contribution in [0.3, 0.4) is 0 Å². The van der Waals surface area contributed by atoms with E-state index in [1.165, 1.54) is 31.4 Å². The van der Waals surface area contributed by atoms with Gasteiger partial charge in [0.2, 0.25) is 5.91 Å². The van der Waals surface area contributed by atoms with Crippen LogP contribution in [-0.4, -0.2) is 49.2 Å². The fourth-order valence-electron chi connectivity index (χ4n) is 3.67. The number of hydrazine groups is 1. The first kappa shape index (κ1) is 25.3. The maximum Gasteiger partial charge on any atom is 0.338 e. The van der Waals surface area contributed by atoms with Gasteiger partial charge in [0.1, 0.15) is 11.8 Å². The second kappa shape index (κ2) is 11.3. The molecule has 3 aromatic rings. The van der Waals surface area contributed by atoms with Crippen molar-refractivity contribution in [3.8, 4) is 5.75 Å². The third kappa shape index (κ3) is 5.88. The van der Waals surface area contributed by atoms with Gasteiger partial charge in [0, 0.05) is 11.1 Å². The van der Waals surface area contributed by atoms with E-state index in [-0.39, 0.29) is 17.7 Å². The highest BCUT2D eigenvalue weighted by Crippen LogP contribution is 2.23. The number of carbonyl (C=O) groups excluding carboxylic acids is 5. The summed E-state index contributed by atoms with van der Waals surface area (Å²) in [7, 11) is 1.48. The first-order valence-corrected chi connectivity index (χ1v) is 11.3. The lowest BCUT2D eigenvalue weighted by Crippen LogP contribution is -2.48. The van der Waals surface area contributed by atoms with E-state index in [0.717, 1.165) is 4.90 Å². The molecule has 2 N–H and O–H groups in total. The third-order valence-corrected chi connectivity index (χ3v) is 5.63. The number of imide groups is 1. The molecule has 10 nitrogen and oxygen atoms in total. The molecule has 0 saturated carbocycles. The molecule has 4 rings (SSSR count). The van der Waals surface area contributed by atoms with Crippen molar-refractivity contribution in [1.82, 2.24) is 10.9 Å². The molecule has 0 aromatic heterocycles. The first-order chi connectivity index (χ1) is 17.9. The number of Topliss-reactive ketones (excluding diaryl/α,β-unsaturated/α-hetero) is 1. The lowest BCUT2D eigenvalue weighted by Gasteiger charge is -2.16. The summed E-state index contributed by atoms with van der Waals surface area (Å²) in [6.45, 7) is -0.459. The van der Waals surface area contributed by atoms with Gasteiger partial charge in [0.05, 0.1) is 24.8 Å². The highest BCUT2D eigenvalue weighted by molar-refractivity contribution is 6.22. The van der Waals surface area contributed by atoms with Crippen LogP contribution in [0.1, 0.15) is 37.5 Å². The van der Waals surface area contributed by atoms with Gasteiger partial charge in [-0.25, -0.2) is 15.1 Å². The van der Waals surface area contributed by atoms with Crippen molar-refractivity contribution < 1.29 is 33.4 Å². The van der Waals surface area contributed by atoms with Crippen molar-refractivity contribution in [2.24, 2.45) is 0 Å². The summed E-state index contributed by atoms with van der Waals surface area (Å²) < 4.78 is 10.2. The molecule has 1 heterocycles. The monoisotopic (exact) mass is 501 g/mol. The van der Waals surface area contributed by atoms with Gasteiger partial charge in [-0.3, -0.25) is 24.6 Å². The SMILES string of the molecule is COc1cccc(C(=O)COC(=O)c2ccc(N3C(=O)CC(NNC(=O)c4ccccc4)C3=O)cc2)c1. The van der Waals surface area contributed by atoms with E-state index < -0.39 is 42.1 Å². The van der Waals surface area contributed by atoms with Crippen LogP contribution in [0.2, 0.25) is 0 Å². The van der Waals surface area contributed by atoms with Crippen molar-refractivity contribution >= 4 is 35.2 Å². The fraction of sp³-hybridized carbons (Fsp3) is 0.148. The van der Waals surface area contributed by atoms with Crippen LogP contribution in [0, 0.1) is 0 Å². The standard InChI is InChI=1S/C27H23N3O7/c1-36-21-9-5-8-19(14-21)23(31)16-37-27(35)18-10-12-20(13-11-18)30-24(32)15-22(26(30)34)28-29-25(33)17-6-3-2-4-7-17/h2-14,22,28H,15-16H2,1H3,(H,29,33). The summed E-state index contributed by atoms with van der Waals surface area (Å²) >= 11 is 0. The molecule has 1 fully saturated rings. The molecule has 1 unspecified atom stereocenters. The van der Waals surface area contributed by atoms with E-state index in [4.69, 9.17) is 9.47 Å². The molecule has 1 aliphatic heterocycles. The number of nitrogens with zero attached hydrogens (tertiary/aromatic N) is 1. The second-order valence-corrected chi connectivity index (χ2v) is 8.07. The second-order valence-electron chi connectivity index (χ2n) is 8.07. The van der Waals surface area contributed by atoms with Crippen LogP contribution in [0.25, 0.3) is 0 Å². The minimum absolute atomic E-state index is 0.145. The Hall–Kier alpha value is -4.83. The van der Waals surface area contributed by atoms with Crippen molar-refractivity contribution in [2.75, 3.05) is 18.6 Å². The Morgan fingerprint density at radius 2 is 1.59 bits per heavy atom. The van der Waals surface area contributed by atoms with Crippen LogP contribution in [0.5, 0.6) is 5.75 Å². The van der Waals surface area contributed by atoms with Crippen molar-refractivity contribution in [3.63, 3.8) is 0 Å². The molecule has 37 heavy (non-hydrogen) atoms. The topological polar surface area (TPSA) is 131 Å². The summed E-state index contributed by atoms with van der Waals surface area (Å²) in [5.74, 6) is -2.06. The van der Waals surface area contributed by atoms with Gasteiger partial charge in [-0.1, -0.05) is 30.3 Å². The van der Waals surface area contributed by atoms with Crippen LogP contribution in [0.15, 0.2) is 78.9 Å². The molecule has 0 radical (unpaired) electrons. The van der Waals surface area contributed by atoms with E-state index in [9.17, 15) is 24.0 Å². The predicted octanol–water partition coefficient (Wildman–Crippen LogP) is 2.30. The molecule has 0 bridgehead atoms. The zero-order valence-corrected chi connectivity index (χ0v) is 19.8. The van der Waals surface area contributed by atoms with Crippen LogP contribution in [-0.2, 0) is 14.3 Å². The number of rotatable bonds is 9. The smallest absolute Gasteiger partial charge is 0.338 e. The number of amides is 3. The molecule has 0 aliphatic carbocycles. The lowest BCUT2D eigenvalue weighted by atomic mass is 10.1. The van der Waals surface area contributed by atoms with E-state index in [0.29, 0.717) is 16.9 Å². The molecule has 1 aliphatic rings. The Morgan fingerprint density at radius 3 is 2.30 bits per heavy atom. The minimum Gasteiger partial charge on any atom is -0.497 e. The molecule has 188 valence electrons. The van der Waals surface area contributed by atoms with E-state index in [2.05, 4.69) is 10.9 Å². The van der Waals surface area contributed by atoms with Crippen molar-refractivity contribution in [3.05, 3.63) is 95.6 Å². The Morgan fingerprint density at radius 1 is 0.892 bits per heavy atom. The summed E-state index contributed by atoms with van der Waals surface area (Å²) in [6, 6.07) is 19.6. The average molecular weight is 501 g/mol. The number of benzene rings is 3. The van der Waals surface area contributed by atoms with Gasteiger partial charge in [-0.2, -0.15) is 0 Å². The molecular weight excluding hydrogens is 478 g/mol. The third-order valence-electron chi connectivity index (χ3n) is 5.63. The molecule has 0 spiro atoms. The highest BCUT2D eigenvalue weighted by atomic mass is 16.5. The van der Waals surface area contributed by atoms with Gasteiger partial charge in [-0.15, -0.1) is 0 Å². The molecule has 10 heteroatoms. The van der Waals surface area contributed by atoms with Crippen LogP contribution >= 0.6 is 0 Å². The number of methoxy groups -OCH3 is 1. The largest absolute Gasteiger partial charge is 0.497 e. The normalized spacial score (nSPS) is 14.8. The van der Waals surface area contributed by atoms with Crippen molar-refractivity contribution in [2.45, 2.75) is 12.5 Å². The lowest BCUT2D eigenvalue weighted by molar-refractivity contribution is -0.121.